The van der Waals surface area contributed by atoms with E-state index in [-0.39, 0.29) is 0 Å². The molecule has 0 amide bonds. The molecule has 1 fully saturated rings. The lowest BCUT2D eigenvalue weighted by Crippen LogP contribution is -2.46. The molecule has 1 saturated heterocycles. The van der Waals surface area contributed by atoms with Gasteiger partial charge in [0.25, 0.3) is 0 Å². The summed E-state index contributed by atoms with van der Waals surface area (Å²) in [6.45, 7) is 10.5. The molecule has 4 nitrogen and oxygen atoms in total. The fourth-order valence-electron chi connectivity index (χ4n) is 1.98. The third-order valence-corrected chi connectivity index (χ3v) is 3.32. The molecule has 0 radical (unpaired) electrons. The molecule has 0 spiro atoms. The smallest absolute Gasteiger partial charge is 0.0434 e. The normalized spacial score (nSPS) is 21.2. The maximum Gasteiger partial charge on any atom is 0.0434 e. The predicted molar refractivity (Wildman–Crippen MR) is 67.7 cm³/mol. The summed E-state index contributed by atoms with van der Waals surface area (Å²) in [5.41, 5.74) is 0. The largest absolute Gasteiger partial charge is 0.396 e. The molecule has 1 atom stereocenters. The van der Waals surface area contributed by atoms with Crippen LogP contribution in [0, 0.1) is 5.92 Å². The first kappa shape index (κ1) is 13.9. The van der Waals surface area contributed by atoms with Gasteiger partial charge in [-0.2, -0.15) is 0 Å². The van der Waals surface area contributed by atoms with Crippen molar-refractivity contribution in [2.75, 3.05) is 59.5 Å². The van der Waals surface area contributed by atoms with Gasteiger partial charge in [-0.15, -0.1) is 0 Å². The molecule has 2 N–H and O–H groups in total. The van der Waals surface area contributed by atoms with Gasteiger partial charge in [-0.3, -0.25) is 4.90 Å². The Bertz CT molecular complexity index is 170. The summed E-state index contributed by atoms with van der Waals surface area (Å²) in [6.07, 6.45) is 0.904. The van der Waals surface area contributed by atoms with Gasteiger partial charge in [-0.05, 0) is 25.9 Å². The standard InChI is InChI=1S/C12H27N3O/c1-12(3-10-16)11-13-4-5-15-8-6-14(2)7-9-15/h12-13,16H,3-11H2,1-2H3. The van der Waals surface area contributed by atoms with E-state index in [1.165, 1.54) is 26.2 Å². The van der Waals surface area contributed by atoms with E-state index in [2.05, 4.69) is 29.1 Å². The average molecular weight is 229 g/mol. The van der Waals surface area contributed by atoms with Gasteiger partial charge in [0.15, 0.2) is 0 Å². The Morgan fingerprint density at radius 2 is 1.94 bits per heavy atom. The van der Waals surface area contributed by atoms with Crippen LogP contribution in [0.15, 0.2) is 0 Å². The van der Waals surface area contributed by atoms with Crippen LogP contribution < -0.4 is 5.32 Å². The van der Waals surface area contributed by atoms with Crippen molar-refractivity contribution >= 4 is 0 Å². The van der Waals surface area contributed by atoms with E-state index in [1.807, 2.05) is 0 Å². The topological polar surface area (TPSA) is 38.7 Å². The van der Waals surface area contributed by atoms with Crippen molar-refractivity contribution in [1.29, 1.82) is 0 Å². The van der Waals surface area contributed by atoms with E-state index in [1.54, 1.807) is 0 Å². The maximum absolute atomic E-state index is 8.78. The molecule has 0 aromatic rings. The van der Waals surface area contributed by atoms with Crippen LogP contribution in [0.1, 0.15) is 13.3 Å². The van der Waals surface area contributed by atoms with E-state index in [0.717, 1.165) is 26.1 Å². The summed E-state index contributed by atoms with van der Waals surface area (Å²) in [7, 11) is 2.19. The number of nitrogens with zero attached hydrogens (tertiary/aromatic N) is 2. The second kappa shape index (κ2) is 8.01. The summed E-state index contributed by atoms with van der Waals surface area (Å²) in [5.74, 6) is 0.581. The van der Waals surface area contributed by atoms with Gasteiger partial charge < -0.3 is 15.3 Å². The Labute approximate surface area is 99.6 Å². The number of nitrogens with one attached hydrogen (secondary N) is 1. The molecule has 0 aliphatic carbocycles. The van der Waals surface area contributed by atoms with Crippen LogP contribution in [0.2, 0.25) is 0 Å². The van der Waals surface area contributed by atoms with Gasteiger partial charge in [-0.1, -0.05) is 6.92 Å². The molecule has 0 bridgehead atoms. The van der Waals surface area contributed by atoms with Gasteiger partial charge in [0.05, 0.1) is 0 Å². The van der Waals surface area contributed by atoms with Crippen molar-refractivity contribution in [3.63, 3.8) is 0 Å². The number of aliphatic hydroxyl groups excluding tert-OH is 1. The summed E-state index contributed by atoms with van der Waals surface area (Å²) < 4.78 is 0. The van der Waals surface area contributed by atoms with Gasteiger partial charge in [0.2, 0.25) is 0 Å². The molecule has 1 aliphatic rings. The van der Waals surface area contributed by atoms with Crippen molar-refractivity contribution < 1.29 is 5.11 Å². The first-order valence-electron chi connectivity index (χ1n) is 6.45. The predicted octanol–water partition coefficient (Wildman–Crippen LogP) is -0.158. The van der Waals surface area contributed by atoms with E-state index < -0.39 is 0 Å². The molecule has 1 unspecified atom stereocenters. The molecule has 1 heterocycles. The van der Waals surface area contributed by atoms with Crippen LogP contribution in [0.3, 0.4) is 0 Å². The molecule has 16 heavy (non-hydrogen) atoms. The first-order chi connectivity index (χ1) is 7.72. The molecule has 0 aromatic heterocycles. The van der Waals surface area contributed by atoms with Crippen LogP contribution in [-0.2, 0) is 0 Å². The fourth-order valence-corrected chi connectivity index (χ4v) is 1.98. The zero-order valence-electron chi connectivity index (χ0n) is 10.8. The maximum atomic E-state index is 8.78. The molecular formula is C12H27N3O. The first-order valence-corrected chi connectivity index (χ1v) is 6.45. The van der Waals surface area contributed by atoms with Crippen LogP contribution in [0.5, 0.6) is 0 Å². The number of piperazine rings is 1. The van der Waals surface area contributed by atoms with Crippen LogP contribution in [-0.4, -0.2) is 74.4 Å². The number of aliphatic hydroxyl groups is 1. The van der Waals surface area contributed by atoms with Crippen molar-refractivity contribution in [2.45, 2.75) is 13.3 Å². The van der Waals surface area contributed by atoms with Gasteiger partial charge in [-0.25, -0.2) is 0 Å². The molecule has 0 saturated carbocycles. The van der Waals surface area contributed by atoms with Crippen molar-refractivity contribution in [3.8, 4) is 0 Å². The highest BCUT2D eigenvalue weighted by Gasteiger charge is 2.12. The molecule has 0 aromatic carbocycles. The molecule has 4 heteroatoms. The minimum Gasteiger partial charge on any atom is -0.396 e. The highest BCUT2D eigenvalue weighted by atomic mass is 16.3. The minimum absolute atomic E-state index is 0.307. The third kappa shape index (κ3) is 5.80. The van der Waals surface area contributed by atoms with Gasteiger partial charge >= 0.3 is 0 Å². The SMILES string of the molecule is CC(CCO)CNCCN1CCN(C)CC1. The van der Waals surface area contributed by atoms with E-state index in [0.29, 0.717) is 12.5 Å². The van der Waals surface area contributed by atoms with Crippen molar-refractivity contribution in [3.05, 3.63) is 0 Å². The third-order valence-electron chi connectivity index (χ3n) is 3.32. The van der Waals surface area contributed by atoms with E-state index in [4.69, 9.17) is 5.11 Å². The average Bonchev–Trinajstić information content (AvgIpc) is 2.27. The lowest BCUT2D eigenvalue weighted by atomic mass is 10.1. The van der Waals surface area contributed by atoms with Crippen LogP contribution in [0.25, 0.3) is 0 Å². The highest BCUT2D eigenvalue weighted by Crippen LogP contribution is 1.99. The molecule has 96 valence electrons. The number of hydrogen-bond acceptors (Lipinski definition) is 4. The summed E-state index contributed by atoms with van der Waals surface area (Å²) >= 11 is 0. The van der Waals surface area contributed by atoms with Gasteiger partial charge in [0, 0.05) is 45.9 Å². The minimum atomic E-state index is 0.307. The van der Waals surface area contributed by atoms with Gasteiger partial charge in [0.1, 0.15) is 0 Å². The number of likely N-dealkylation sites (N-methyl/N-ethyl adjacent to an activating group) is 1. The van der Waals surface area contributed by atoms with Crippen LogP contribution >= 0.6 is 0 Å². The molecule has 1 rings (SSSR count). The van der Waals surface area contributed by atoms with Crippen molar-refractivity contribution in [2.24, 2.45) is 5.92 Å². The fraction of sp³-hybridized carbons (Fsp3) is 1.00. The summed E-state index contributed by atoms with van der Waals surface area (Å²) in [4.78, 5) is 4.90. The molecular weight excluding hydrogens is 202 g/mol. The van der Waals surface area contributed by atoms with Crippen molar-refractivity contribution in [1.82, 2.24) is 15.1 Å². The highest BCUT2D eigenvalue weighted by molar-refractivity contribution is 4.70. The Morgan fingerprint density at radius 3 is 2.56 bits per heavy atom. The van der Waals surface area contributed by atoms with E-state index in [9.17, 15) is 0 Å². The number of hydrogen-bond donors (Lipinski definition) is 2. The number of rotatable bonds is 7. The lowest BCUT2D eigenvalue weighted by Gasteiger charge is -2.32. The quantitative estimate of drug-likeness (QED) is 0.595. The Morgan fingerprint density at radius 1 is 1.25 bits per heavy atom. The monoisotopic (exact) mass is 229 g/mol. The Balaban J connectivity index is 1.95. The zero-order valence-corrected chi connectivity index (χ0v) is 10.8. The molecule has 1 aliphatic heterocycles. The summed E-state index contributed by atoms with van der Waals surface area (Å²) in [6, 6.07) is 0. The van der Waals surface area contributed by atoms with Crippen LogP contribution in [0.4, 0.5) is 0 Å². The second-order valence-corrected chi connectivity index (χ2v) is 4.97. The Kier molecular flexibility index (Phi) is 6.96. The second-order valence-electron chi connectivity index (χ2n) is 4.97. The lowest BCUT2D eigenvalue weighted by molar-refractivity contribution is 0.154. The zero-order chi connectivity index (χ0) is 11.8. The van der Waals surface area contributed by atoms with E-state index >= 15 is 0 Å². The Hall–Kier alpha value is -0.160. The summed E-state index contributed by atoms with van der Waals surface area (Å²) in [5, 5.41) is 12.2.